The Hall–Kier alpha value is -1.55. The SMILES string of the molecule is COc1ccc(CCCC(=O)N2CCC(CN)CC2)cc1. The lowest BCUT2D eigenvalue weighted by Gasteiger charge is -2.31. The first kappa shape index (κ1) is 15.8. The molecule has 0 unspecified atom stereocenters. The molecule has 0 radical (unpaired) electrons. The lowest BCUT2D eigenvalue weighted by molar-refractivity contribution is -0.132. The van der Waals surface area contributed by atoms with Gasteiger partial charge < -0.3 is 15.4 Å². The van der Waals surface area contributed by atoms with Crippen molar-refractivity contribution in [1.82, 2.24) is 4.90 Å². The highest BCUT2D eigenvalue weighted by atomic mass is 16.5. The van der Waals surface area contributed by atoms with E-state index in [2.05, 4.69) is 12.1 Å². The molecule has 21 heavy (non-hydrogen) atoms. The molecule has 116 valence electrons. The largest absolute Gasteiger partial charge is 0.497 e. The molecule has 1 fully saturated rings. The fraction of sp³-hybridized carbons (Fsp3) is 0.588. The van der Waals surface area contributed by atoms with Gasteiger partial charge in [0.1, 0.15) is 5.75 Å². The van der Waals surface area contributed by atoms with Crippen LogP contribution in [0.25, 0.3) is 0 Å². The number of amides is 1. The third-order valence-electron chi connectivity index (χ3n) is 4.32. The maximum absolute atomic E-state index is 12.2. The van der Waals surface area contributed by atoms with Crippen LogP contribution in [-0.2, 0) is 11.2 Å². The Balaban J connectivity index is 1.69. The van der Waals surface area contributed by atoms with Crippen LogP contribution in [0.3, 0.4) is 0 Å². The van der Waals surface area contributed by atoms with Crippen LogP contribution in [0.4, 0.5) is 0 Å². The Bertz CT molecular complexity index is 437. The van der Waals surface area contributed by atoms with Gasteiger partial charge in [-0.15, -0.1) is 0 Å². The Morgan fingerprint density at radius 3 is 2.52 bits per heavy atom. The number of nitrogens with zero attached hydrogens (tertiary/aromatic N) is 1. The summed E-state index contributed by atoms with van der Waals surface area (Å²) in [7, 11) is 1.67. The molecule has 4 nitrogen and oxygen atoms in total. The summed E-state index contributed by atoms with van der Waals surface area (Å²) in [5.74, 6) is 1.77. The van der Waals surface area contributed by atoms with E-state index in [1.807, 2.05) is 17.0 Å². The molecule has 1 aromatic rings. The van der Waals surface area contributed by atoms with E-state index < -0.39 is 0 Å². The Morgan fingerprint density at radius 1 is 1.29 bits per heavy atom. The van der Waals surface area contributed by atoms with Gasteiger partial charge in [0.2, 0.25) is 5.91 Å². The minimum atomic E-state index is 0.291. The third kappa shape index (κ3) is 4.74. The van der Waals surface area contributed by atoms with Crippen LogP contribution in [0.5, 0.6) is 5.75 Å². The standard InChI is InChI=1S/C17H26N2O2/c1-21-16-7-5-14(6-8-16)3-2-4-17(20)19-11-9-15(13-18)10-12-19/h5-8,15H,2-4,9-13,18H2,1H3. The summed E-state index contributed by atoms with van der Waals surface area (Å²) >= 11 is 0. The van der Waals surface area contributed by atoms with Gasteiger partial charge in [0.25, 0.3) is 0 Å². The molecule has 0 aromatic heterocycles. The van der Waals surface area contributed by atoms with Crippen molar-refractivity contribution in [2.24, 2.45) is 11.7 Å². The fourth-order valence-electron chi connectivity index (χ4n) is 2.81. The number of carbonyl (C=O) groups is 1. The first-order valence-electron chi connectivity index (χ1n) is 7.83. The van der Waals surface area contributed by atoms with E-state index in [-0.39, 0.29) is 0 Å². The number of hydrogen-bond acceptors (Lipinski definition) is 3. The van der Waals surface area contributed by atoms with Crippen molar-refractivity contribution in [3.05, 3.63) is 29.8 Å². The average molecular weight is 290 g/mol. The molecule has 1 amide bonds. The molecule has 2 rings (SSSR count). The van der Waals surface area contributed by atoms with Crippen LogP contribution in [0, 0.1) is 5.92 Å². The van der Waals surface area contributed by atoms with Crippen molar-refractivity contribution >= 4 is 5.91 Å². The number of carbonyl (C=O) groups excluding carboxylic acids is 1. The highest BCUT2D eigenvalue weighted by molar-refractivity contribution is 5.76. The molecule has 1 aliphatic heterocycles. The molecule has 1 aliphatic rings. The molecule has 0 atom stereocenters. The first-order valence-corrected chi connectivity index (χ1v) is 7.83. The Labute approximate surface area is 127 Å². The van der Waals surface area contributed by atoms with Crippen molar-refractivity contribution in [2.75, 3.05) is 26.7 Å². The topological polar surface area (TPSA) is 55.6 Å². The van der Waals surface area contributed by atoms with E-state index in [1.54, 1.807) is 7.11 Å². The predicted octanol–water partition coefficient (Wildman–Crippen LogP) is 2.22. The molecule has 0 spiro atoms. The average Bonchev–Trinajstić information content (AvgIpc) is 2.55. The molecular formula is C17H26N2O2. The molecule has 1 aromatic carbocycles. The molecule has 2 N–H and O–H groups in total. The molecular weight excluding hydrogens is 264 g/mol. The number of hydrogen-bond donors (Lipinski definition) is 1. The summed E-state index contributed by atoms with van der Waals surface area (Å²) in [6.07, 6.45) is 4.59. The van der Waals surface area contributed by atoms with Crippen LogP contribution in [0.15, 0.2) is 24.3 Å². The van der Waals surface area contributed by atoms with Gasteiger partial charge in [0, 0.05) is 19.5 Å². The van der Waals surface area contributed by atoms with Gasteiger partial charge >= 0.3 is 0 Å². The minimum Gasteiger partial charge on any atom is -0.497 e. The monoisotopic (exact) mass is 290 g/mol. The summed E-state index contributed by atoms with van der Waals surface area (Å²) in [5, 5.41) is 0. The van der Waals surface area contributed by atoms with E-state index >= 15 is 0 Å². The summed E-state index contributed by atoms with van der Waals surface area (Å²) in [6.45, 7) is 2.51. The molecule has 4 heteroatoms. The summed E-state index contributed by atoms with van der Waals surface area (Å²) in [5.41, 5.74) is 6.93. The summed E-state index contributed by atoms with van der Waals surface area (Å²) in [6, 6.07) is 8.07. The molecule has 0 aliphatic carbocycles. The van der Waals surface area contributed by atoms with Gasteiger partial charge in [-0.05, 0) is 55.8 Å². The van der Waals surface area contributed by atoms with Crippen molar-refractivity contribution in [2.45, 2.75) is 32.1 Å². The van der Waals surface area contributed by atoms with E-state index in [1.165, 1.54) is 5.56 Å². The molecule has 0 saturated carbocycles. The lowest BCUT2D eigenvalue weighted by atomic mass is 9.97. The van der Waals surface area contributed by atoms with Gasteiger partial charge in [0.05, 0.1) is 7.11 Å². The number of aryl methyl sites for hydroxylation is 1. The minimum absolute atomic E-state index is 0.291. The smallest absolute Gasteiger partial charge is 0.222 e. The fourth-order valence-corrected chi connectivity index (χ4v) is 2.81. The summed E-state index contributed by atoms with van der Waals surface area (Å²) in [4.78, 5) is 14.2. The number of benzene rings is 1. The molecule has 1 saturated heterocycles. The zero-order valence-corrected chi connectivity index (χ0v) is 12.9. The van der Waals surface area contributed by atoms with Crippen LogP contribution in [0.2, 0.25) is 0 Å². The number of nitrogens with two attached hydrogens (primary N) is 1. The van der Waals surface area contributed by atoms with Crippen LogP contribution >= 0.6 is 0 Å². The van der Waals surface area contributed by atoms with Crippen LogP contribution < -0.4 is 10.5 Å². The highest BCUT2D eigenvalue weighted by Gasteiger charge is 2.21. The Kier molecular flexibility index (Phi) is 6.05. The lowest BCUT2D eigenvalue weighted by Crippen LogP contribution is -2.39. The second-order valence-corrected chi connectivity index (χ2v) is 5.76. The number of ether oxygens (including phenoxy) is 1. The van der Waals surface area contributed by atoms with E-state index in [9.17, 15) is 4.79 Å². The van der Waals surface area contributed by atoms with E-state index in [0.717, 1.165) is 51.1 Å². The highest BCUT2D eigenvalue weighted by Crippen LogP contribution is 2.18. The van der Waals surface area contributed by atoms with E-state index in [4.69, 9.17) is 10.5 Å². The summed E-state index contributed by atoms with van der Waals surface area (Å²) < 4.78 is 5.14. The predicted molar refractivity (Wildman–Crippen MR) is 84.3 cm³/mol. The zero-order valence-electron chi connectivity index (χ0n) is 12.9. The van der Waals surface area contributed by atoms with Gasteiger partial charge in [0.15, 0.2) is 0 Å². The first-order chi connectivity index (χ1) is 10.2. The van der Waals surface area contributed by atoms with Crippen molar-refractivity contribution in [1.29, 1.82) is 0 Å². The Morgan fingerprint density at radius 2 is 1.95 bits per heavy atom. The van der Waals surface area contributed by atoms with Gasteiger partial charge in [-0.1, -0.05) is 12.1 Å². The molecule has 0 bridgehead atoms. The quantitative estimate of drug-likeness (QED) is 0.874. The number of piperidine rings is 1. The van der Waals surface area contributed by atoms with Crippen molar-refractivity contribution in [3.63, 3.8) is 0 Å². The van der Waals surface area contributed by atoms with Crippen LogP contribution in [-0.4, -0.2) is 37.6 Å². The van der Waals surface area contributed by atoms with Gasteiger partial charge in [-0.2, -0.15) is 0 Å². The van der Waals surface area contributed by atoms with Crippen LogP contribution in [0.1, 0.15) is 31.2 Å². The van der Waals surface area contributed by atoms with E-state index in [0.29, 0.717) is 18.2 Å². The second kappa shape index (κ2) is 8.03. The maximum atomic E-state index is 12.2. The number of methoxy groups -OCH3 is 1. The molecule has 1 heterocycles. The maximum Gasteiger partial charge on any atom is 0.222 e. The van der Waals surface area contributed by atoms with Crippen molar-refractivity contribution in [3.8, 4) is 5.75 Å². The van der Waals surface area contributed by atoms with Gasteiger partial charge in [-0.25, -0.2) is 0 Å². The third-order valence-corrected chi connectivity index (χ3v) is 4.32. The second-order valence-electron chi connectivity index (χ2n) is 5.76. The number of likely N-dealkylation sites (tertiary alicyclic amines) is 1. The zero-order chi connectivity index (χ0) is 15.1. The van der Waals surface area contributed by atoms with Crippen molar-refractivity contribution < 1.29 is 9.53 Å². The normalized spacial score (nSPS) is 16.0. The number of rotatable bonds is 6. The van der Waals surface area contributed by atoms with Gasteiger partial charge in [-0.3, -0.25) is 4.79 Å².